The molecule has 1 unspecified atom stereocenters. The van der Waals surface area contributed by atoms with Crippen molar-refractivity contribution in [2.24, 2.45) is 16.8 Å². The molecule has 1 aromatic carbocycles. The Labute approximate surface area is 267 Å². The SMILES string of the molecule is C=C.C=N/C(CC)=C(/C=C(C)C)N(CCNCCC(CCC)Cc1ccnc(CCc2ccc(F)cc2C)n1)CC1CCC1. The topological polar surface area (TPSA) is 53.4 Å². The van der Waals surface area contributed by atoms with Gasteiger partial charge in [0.05, 0.1) is 11.4 Å². The molecule has 2 aromatic rings. The van der Waals surface area contributed by atoms with Gasteiger partial charge in [-0.25, -0.2) is 14.4 Å². The molecule has 1 aliphatic carbocycles. The summed E-state index contributed by atoms with van der Waals surface area (Å²) in [5.74, 6) is 2.07. The van der Waals surface area contributed by atoms with Crippen LogP contribution in [0.5, 0.6) is 0 Å². The van der Waals surface area contributed by atoms with Crippen molar-refractivity contribution >= 4 is 6.72 Å². The van der Waals surface area contributed by atoms with Crippen LogP contribution in [0.25, 0.3) is 0 Å². The number of hydrogen-bond donors (Lipinski definition) is 1. The Kier molecular flexibility index (Phi) is 17.5. The highest BCUT2D eigenvalue weighted by molar-refractivity contribution is 5.35. The zero-order valence-electron chi connectivity index (χ0n) is 28.3. The number of benzene rings is 1. The van der Waals surface area contributed by atoms with E-state index in [-0.39, 0.29) is 5.82 Å². The lowest BCUT2D eigenvalue weighted by Gasteiger charge is -2.35. The summed E-state index contributed by atoms with van der Waals surface area (Å²) in [5.41, 5.74) is 6.91. The van der Waals surface area contributed by atoms with E-state index in [0.29, 0.717) is 5.92 Å². The van der Waals surface area contributed by atoms with Gasteiger partial charge in [0.1, 0.15) is 11.6 Å². The molecule has 242 valence electrons. The van der Waals surface area contributed by atoms with E-state index < -0.39 is 0 Å². The van der Waals surface area contributed by atoms with E-state index >= 15 is 0 Å². The van der Waals surface area contributed by atoms with E-state index in [2.05, 4.69) is 79.9 Å². The molecular weight excluding hydrogens is 545 g/mol. The molecular formula is C38H58FN5. The molecule has 1 heterocycles. The Bertz CT molecular complexity index is 1200. The zero-order valence-corrected chi connectivity index (χ0v) is 28.3. The predicted molar refractivity (Wildman–Crippen MR) is 187 cm³/mol. The van der Waals surface area contributed by atoms with Crippen LogP contribution in [-0.4, -0.2) is 47.8 Å². The second-order valence-corrected chi connectivity index (χ2v) is 12.2. The maximum Gasteiger partial charge on any atom is 0.128 e. The molecule has 3 rings (SSSR count). The second-order valence-electron chi connectivity index (χ2n) is 12.2. The molecule has 1 fully saturated rings. The van der Waals surface area contributed by atoms with Crippen molar-refractivity contribution in [3.63, 3.8) is 0 Å². The molecule has 1 atom stereocenters. The van der Waals surface area contributed by atoms with Crippen molar-refractivity contribution in [1.29, 1.82) is 0 Å². The van der Waals surface area contributed by atoms with Crippen LogP contribution >= 0.6 is 0 Å². The van der Waals surface area contributed by atoms with Crippen LogP contribution in [0, 0.1) is 24.6 Å². The third-order valence-electron chi connectivity index (χ3n) is 8.46. The molecule has 0 aliphatic heterocycles. The normalized spacial score (nSPS) is 14.0. The molecule has 0 amide bonds. The summed E-state index contributed by atoms with van der Waals surface area (Å²) in [6.45, 7) is 24.7. The van der Waals surface area contributed by atoms with Crippen molar-refractivity contribution in [1.82, 2.24) is 20.2 Å². The Balaban J connectivity index is 0.00000330. The number of nitrogens with zero attached hydrogens (tertiary/aromatic N) is 4. The van der Waals surface area contributed by atoms with Gasteiger partial charge in [-0.2, -0.15) is 0 Å². The Morgan fingerprint density at radius 2 is 1.91 bits per heavy atom. The van der Waals surface area contributed by atoms with E-state index in [0.717, 1.165) is 92.5 Å². The van der Waals surface area contributed by atoms with Gasteiger partial charge in [-0.05, 0) is 120 Å². The minimum Gasteiger partial charge on any atom is -0.369 e. The fourth-order valence-corrected chi connectivity index (χ4v) is 5.86. The predicted octanol–water partition coefficient (Wildman–Crippen LogP) is 8.84. The largest absolute Gasteiger partial charge is 0.369 e. The molecule has 44 heavy (non-hydrogen) atoms. The van der Waals surface area contributed by atoms with Crippen molar-refractivity contribution in [3.8, 4) is 0 Å². The number of halogens is 1. The minimum absolute atomic E-state index is 0.183. The maximum absolute atomic E-state index is 13.5. The lowest BCUT2D eigenvalue weighted by Crippen LogP contribution is -2.37. The quantitative estimate of drug-likeness (QED) is 0.0754. The van der Waals surface area contributed by atoms with Crippen LogP contribution in [-0.2, 0) is 19.3 Å². The minimum atomic E-state index is -0.183. The van der Waals surface area contributed by atoms with E-state index in [1.54, 1.807) is 6.07 Å². The third-order valence-corrected chi connectivity index (χ3v) is 8.46. The summed E-state index contributed by atoms with van der Waals surface area (Å²) in [7, 11) is 0. The molecule has 1 aromatic heterocycles. The molecule has 0 spiro atoms. The average Bonchev–Trinajstić information content (AvgIpc) is 2.98. The standard InChI is InChI=1S/C36H54FN5.C2H4/c1-7-10-29(25-33-18-20-40-36(41-33)16-14-31-13-15-32(37)24-28(31)5)17-19-39-21-22-42(26-30-11-9-12-30)35(23-27(3)4)34(8-2)38-6;1-2/h13,15,18,20,23-24,29-30,39H,6-12,14,16-17,19,21-22,25-26H2,1-5H3;1-2H2/b35-34-;. The molecule has 1 N–H and O–H groups in total. The van der Waals surface area contributed by atoms with Gasteiger partial charge >= 0.3 is 0 Å². The first-order valence-corrected chi connectivity index (χ1v) is 16.7. The van der Waals surface area contributed by atoms with Gasteiger partial charge in [0.2, 0.25) is 0 Å². The average molecular weight is 604 g/mol. The number of aliphatic imine (C=N–C) groups is 1. The smallest absolute Gasteiger partial charge is 0.128 e. The first-order valence-electron chi connectivity index (χ1n) is 16.7. The molecule has 0 radical (unpaired) electrons. The van der Waals surface area contributed by atoms with E-state index in [1.165, 1.54) is 49.4 Å². The highest BCUT2D eigenvalue weighted by Crippen LogP contribution is 2.29. The number of allylic oxidation sites excluding steroid dienone is 3. The second kappa shape index (κ2) is 20.8. The molecule has 6 heteroatoms. The van der Waals surface area contributed by atoms with Crippen LogP contribution in [0.3, 0.4) is 0 Å². The van der Waals surface area contributed by atoms with E-state index in [9.17, 15) is 4.39 Å². The molecule has 5 nitrogen and oxygen atoms in total. The number of aryl methyl sites for hydroxylation is 3. The fraction of sp³-hybridized carbons (Fsp3) is 0.553. The summed E-state index contributed by atoms with van der Waals surface area (Å²) in [6, 6.07) is 7.08. The molecule has 0 bridgehead atoms. The number of hydrogen-bond acceptors (Lipinski definition) is 5. The number of aromatic nitrogens is 2. The van der Waals surface area contributed by atoms with Crippen LogP contribution in [0.15, 0.2) is 71.7 Å². The van der Waals surface area contributed by atoms with Crippen LogP contribution < -0.4 is 5.32 Å². The van der Waals surface area contributed by atoms with E-state index in [4.69, 9.17) is 4.98 Å². The summed E-state index contributed by atoms with van der Waals surface area (Å²) < 4.78 is 13.5. The van der Waals surface area contributed by atoms with Crippen LogP contribution in [0.1, 0.15) is 95.3 Å². The summed E-state index contributed by atoms with van der Waals surface area (Å²) in [6.07, 6.45) is 15.2. The Morgan fingerprint density at radius 3 is 2.52 bits per heavy atom. The first kappa shape index (κ1) is 37.1. The first-order chi connectivity index (χ1) is 21.3. The summed E-state index contributed by atoms with van der Waals surface area (Å²) in [5, 5.41) is 3.75. The van der Waals surface area contributed by atoms with Crippen molar-refractivity contribution in [2.45, 2.75) is 98.8 Å². The van der Waals surface area contributed by atoms with Gasteiger partial charge in [0, 0.05) is 37.9 Å². The van der Waals surface area contributed by atoms with Gasteiger partial charge in [-0.3, -0.25) is 4.99 Å². The summed E-state index contributed by atoms with van der Waals surface area (Å²) in [4.78, 5) is 16.4. The van der Waals surface area contributed by atoms with Crippen LogP contribution in [0.2, 0.25) is 0 Å². The van der Waals surface area contributed by atoms with Crippen molar-refractivity contribution in [2.75, 3.05) is 26.2 Å². The van der Waals surface area contributed by atoms with Gasteiger partial charge in [0.15, 0.2) is 0 Å². The maximum atomic E-state index is 13.5. The van der Waals surface area contributed by atoms with Gasteiger partial charge in [-0.15, -0.1) is 13.2 Å². The van der Waals surface area contributed by atoms with Gasteiger partial charge in [0.25, 0.3) is 0 Å². The van der Waals surface area contributed by atoms with Crippen LogP contribution in [0.4, 0.5) is 4.39 Å². The van der Waals surface area contributed by atoms with E-state index in [1.807, 2.05) is 19.2 Å². The Morgan fingerprint density at radius 1 is 1.14 bits per heavy atom. The monoisotopic (exact) mass is 603 g/mol. The lowest BCUT2D eigenvalue weighted by molar-refractivity contribution is 0.213. The fourth-order valence-electron chi connectivity index (χ4n) is 5.86. The highest BCUT2D eigenvalue weighted by atomic mass is 19.1. The third kappa shape index (κ3) is 12.9. The molecule has 0 saturated heterocycles. The van der Waals surface area contributed by atoms with Gasteiger partial charge < -0.3 is 10.2 Å². The van der Waals surface area contributed by atoms with Crippen molar-refractivity contribution in [3.05, 3.63) is 95.1 Å². The number of rotatable bonds is 19. The van der Waals surface area contributed by atoms with Crippen molar-refractivity contribution < 1.29 is 4.39 Å². The summed E-state index contributed by atoms with van der Waals surface area (Å²) >= 11 is 0. The highest BCUT2D eigenvalue weighted by Gasteiger charge is 2.22. The molecule has 1 saturated carbocycles. The lowest BCUT2D eigenvalue weighted by atomic mass is 9.85. The molecule has 1 aliphatic rings. The number of nitrogens with one attached hydrogen (secondary N) is 1. The zero-order chi connectivity index (χ0) is 32.3. The van der Waals surface area contributed by atoms with Gasteiger partial charge in [-0.1, -0.05) is 44.7 Å². The Hall–Kier alpha value is -3.12.